The number of nitrogens with zero attached hydrogens (tertiary/aromatic N) is 1. The SMILES string of the molecule is CC(=Cc1ccc2c(c1)N(S(=O)(=O)c1cccc(C(F)(F)F)c1)CC(CO[Si](c1ccccc1)(c1ccccc1)C(C)(C)C)O2)c1c(F)cccc1Cl. The number of alkyl halides is 3. The number of sulfonamides is 1. The number of hydrogen-bond acceptors (Lipinski definition) is 4. The molecule has 0 saturated heterocycles. The Balaban J connectivity index is 1.44. The summed E-state index contributed by atoms with van der Waals surface area (Å²) < 4.78 is 99.5. The average Bonchev–Trinajstić information content (AvgIpc) is 3.11. The molecule has 1 atom stereocenters. The Kier molecular flexibility index (Phi) is 10.7. The van der Waals surface area contributed by atoms with Crippen molar-refractivity contribution >= 4 is 57.7 Å². The topological polar surface area (TPSA) is 55.8 Å². The molecule has 0 saturated carbocycles. The van der Waals surface area contributed by atoms with Crippen LogP contribution in [0.2, 0.25) is 10.1 Å². The smallest absolute Gasteiger partial charge is 0.416 e. The van der Waals surface area contributed by atoms with Crippen molar-refractivity contribution in [3.63, 3.8) is 0 Å². The van der Waals surface area contributed by atoms with Crippen molar-refractivity contribution in [3.05, 3.63) is 149 Å². The van der Waals surface area contributed by atoms with Crippen molar-refractivity contribution < 1.29 is 35.1 Å². The van der Waals surface area contributed by atoms with Crippen molar-refractivity contribution in [1.82, 2.24) is 0 Å². The van der Waals surface area contributed by atoms with Crippen LogP contribution in [0.15, 0.2) is 126 Å². The van der Waals surface area contributed by atoms with Crippen LogP contribution in [0.4, 0.5) is 23.2 Å². The molecule has 5 nitrogen and oxygen atoms in total. The van der Waals surface area contributed by atoms with Crippen molar-refractivity contribution in [2.45, 2.75) is 49.9 Å². The highest BCUT2D eigenvalue weighted by atomic mass is 35.5. The lowest BCUT2D eigenvalue weighted by Crippen LogP contribution is -2.67. The molecule has 1 heterocycles. The third-order valence-corrected chi connectivity index (χ3v) is 16.4. The number of rotatable bonds is 9. The molecule has 0 aliphatic carbocycles. The third-order valence-electron chi connectivity index (χ3n) is 9.31. The van der Waals surface area contributed by atoms with E-state index in [0.29, 0.717) is 17.2 Å². The second-order valence-corrected chi connectivity index (χ2v) is 20.5. The molecule has 53 heavy (non-hydrogen) atoms. The zero-order valence-electron chi connectivity index (χ0n) is 29.5. The van der Waals surface area contributed by atoms with Crippen molar-refractivity contribution in [1.29, 1.82) is 0 Å². The molecule has 0 fully saturated rings. The first-order chi connectivity index (χ1) is 25.0. The molecule has 1 aliphatic rings. The summed E-state index contributed by atoms with van der Waals surface area (Å²) in [6.07, 6.45) is -3.95. The fourth-order valence-electron chi connectivity index (χ4n) is 6.87. The van der Waals surface area contributed by atoms with Gasteiger partial charge in [0, 0.05) is 5.56 Å². The van der Waals surface area contributed by atoms with Gasteiger partial charge in [-0.25, -0.2) is 12.8 Å². The second-order valence-electron chi connectivity index (χ2n) is 13.9. The van der Waals surface area contributed by atoms with E-state index in [2.05, 4.69) is 20.8 Å². The summed E-state index contributed by atoms with van der Waals surface area (Å²) in [5, 5.41) is 1.86. The number of anilines is 1. The standard InChI is InChI=1S/C41H38ClF4NO4SSi/c1-28(39-35(42)19-12-20-36(39)43)23-29-21-22-38-37(24-29)47(52(48,49)32-14-11-13-30(25-32)41(44,45)46)26-31(51-38)27-50-53(40(2,3)4,33-15-7-5-8-16-33)34-17-9-6-10-18-34/h5-25,31H,26-27H2,1-4H3. The summed E-state index contributed by atoms with van der Waals surface area (Å²) in [4.78, 5) is -0.526. The van der Waals surface area contributed by atoms with Gasteiger partial charge in [-0.1, -0.05) is 117 Å². The van der Waals surface area contributed by atoms with Crippen LogP contribution in [0.1, 0.15) is 44.4 Å². The maximum Gasteiger partial charge on any atom is 0.416 e. The number of ether oxygens (including phenoxy) is 1. The van der Waals surface area contributed by atoms with Gasteiger partial charge < -0.3 is 9.16 Å². The monoisotopic (exact) mass is 779 g/mol. The maximum absolute atomic E-state index is 14.8. The first-order valence-electron chi connectivity index (χ1n) is 16.9. The highest BCUT2D eigenvalue weighted by Crippen LogP contribution is 2.41. The minimum absolute atomic E-state index is 0.0200. The van der Waals surface area contributed by atoms with Crippen LogP contribution in [0.25, 0.3) is 11.6 Å². The number of allylic oxidation sites excluding steroid dienone is 1. The van der Waals surface area contributed by atoms with E-state index in [1.54, 1.807) is 37.3 Å². The molecular formula is C41H38ClF4NO4SSi. The predicted molar refractivity (Wildman–Crippen MR) is 205 cm³/mol. The molecule has 1 aliphatic heterocycles. The summed E-state index contributed by atoms with van der Waals surface area (Å²) in [5.74, 6) is -0.327. The molecule has 0 radical (unpaired) electrons. The molecule has 12 heteroatoms. The molecular weight excluding hydrogens is 742 g/mol. The van der Waals surface area contributed by atoms with Gasteiger partial charge in [-0.05, 0) is 75.9 Å². The molecule has 5 aromatic rings. The van der Waals surface area contributed by atoms with Crippen LogP contribution in [0, 0.1) is 5.82 Å². The Bertz CT molecular complexity index is 2180. The number of halogens is 5. The molecule has 0 aromatic heterocycles. The minimum Gasteiger partial charge on any atom is -0.484 e. The molecule has 0 bridgehead atoms. The molecule has 6 rings (SSSR count). The zero-order valence-corrected chi connectivity index (χ0v) is 32.1. The Morgan fingerprint density at radius 2 is 1.51 bits per heavy atom. The summed E-state index contributed by atoms with van der Waals surface area (Å²) >= 11 is 6.31. The predicted octanol–water partition coefficient (Wildman–Crippen LogP) is 9.59. The minimum atomic E-state index is -4.76. The number of benzene rings is 5. The van der Waals surface area contributed by atoms with E-state index in [-0.39, 0.29) is 40.2 Å². The van der Waals surface area contributed by atoms with Gasteiger partial charge in [0.2, 0.25) is 0 Å². The van der Waals surface area contributed by atoms with Gasteiger partial charge >= 0.3 is 6.18 Å². The fraction of sp³-hybridized carbons (Fsp3) is 0.220. The highest BCUT2D eigenvalue weighted by Gasteiger charge is 2.51. The largest absolute Gasteiger partial charge is 0.484 e. The Labute approximate surface area is 313 Å². The van der Waals surface area contributed by atoms with Gasteiger partial charge in [0.05, 0.1) is 34.3 Å². The van der Waals surface area contributed by atoms with E-state index in [0.717, 1.165) is 32.9 Å². The van der Waals surface area contributed by atoms with Crippen molar-refractivity contribution in [3.8, 4) is 5.75 Å². The zero-order chi connectivity index (χ0) is 38.2. The van der Waals surface area contributed by atoms with Gasteiger partial charge in [-0.2, -0.15) is 13.2 Å². The lowest BCUT2D eigenvalue weighted by molar-refractivity contribution is -0.137. The van der Waals surface area contributed by atoms with E-state index < -0.39 is 46.9 Å². The lowest BCUT2D eigenvalue weighted by atomic mass is 10.0. The normalized spacial score (nSPS) is 15.5. The van der Waals surface area contributed by atoms with Crippen LogP contribution in [0.3, 0.4) is 0 Å². The van der Waals surface area contributed by atoms with Crippen LogP contribution < -0.4 is 19.4 Å². The summed E-state index contributed by atoms with van der Waals surface area (Å²) in [7, 11) is -7.66. The molecule has 0 spiro atoms. The van der Waals surface area contributed by atoms with E-state index in [1.807, 2.05) is 60.7 Å². The van der Waals surface area contributed by atoms with Crippen molar-refractivity contribution in [2.75, 3.05) is 17.5 Å². The third kappa shape index (κ3) is 7.66. The Morgan fingerprint density at radius 1 is 0.887 bits per heavy atom. The molecule has 0 N–H and O–H groups in total. The summed E-state index contributed by atoms with van der Waals surface area (Å²) in [5.41, 5.74) is 0.194. The highest BCUT2D eigenvalue weighted by molar-refractivity contribution is 7.92. The van der Waals surface area contributed by atoms with Crippen LogP contribution >= 0.6 is 11.6 Å². The molecule has 0 amide bonds. The first kappa shape index (κ1) is 38.3. The van der Waals surface area contributed by atoms with Crippen molar-refractivity contribution in [2.24, 2.45) is 0 Å². The summed E-state index contributed by atoms with van der Waals surface area (Å²) in [6, 6.07) is 32.7. The Morgan fingerprint density at radius 3 is 2.09 bits per heavy atom. The summed E-state index contributed by atoms with van der Waals surface area (Å²) in [6.45, 7) is 7.75. The molecule has 276 valence electrons. The van der Waals surface area contributed by atoms with E-state index in [1.165, 1.54) is 12.1 Å². The van der Waals surface area contributed by atoms with Crippen LogP contribution in [0.5, 0.6) is 5.75 Å². The Hall–Kier alpha value is -4.42. The van der Waals surface area contributed by atoms with Crippen LogP contribution in [-0.4, -0.2) is 36.0 Å². The van der Waals surface area contributed by atoms with Gasteiger partial charge in [0.15, 0.2) is 0 Å². The van der Waals surface area contributed by atoms with Crippen LogP contribution in [-0.2, 0) is 20.6 Å². The lowest BCUT2D eigenvalue weighted by Gasteiger charge is -2.44. The number of fused-ring (bicyclic) bond motifs is 1. The van der Waals surface area contributed by atoms with E-state index in [9.17, 15) is 26.0 Å². The average molecular weight is 780 g/mol. The van der Waals surface area contributed by atoms with E-state index >= 15 is 0 Å². The maximum atomic E-state index is 14.8. The first-order valence-corrected chi connectivity index (χ1v) is 20.6. The second kappa shape index (κ2) is 14.8. The van der Waals surface area contributed by atoms with Gasteiger partial charge in [0.25, 0.3) is 18.3 Å². The number of hydrogen-bond donors (Lipinski definition) is 0. The van der Waals surface area contributed by atoms with E-state index in [4.69, 9.17) is 20.8 Å². The molecule has 1 unspecified atom stereocenters. The molecule has 5 aromatic carbocycles. The van der Waals surface area contributed by atoms with Gasteiger partial charge in [-0.15, -0.1) is 0 Å². The fourth-order valence-corrected chi connectivity index (χ4v) is 13.3. The van der Waals surface area contributed by atoms with Gasteiger partial charge in [-0.3, -0.25) is 4.31 Å². The quantitative estimate of drug-likeness (QED) is 0.0850. The van der Waals surface area contributed by atoms with Gasteiger partial charge in [0.1, 0.15) is 17.7 Å².